The van der Waals surface area contributed by atoms with E-state index >= 15 is 0 Å². The first-order valence-electron chi connectivity index (χ1n) is 9.19. The molecule has 140 valence electrons. The molecule has 1 saturated carbocycles. The fourth-order valence-electron chi connectivity index (χ4n) is 3.47. The maximum absolute atomic E-state index is 12.8. The fourth-order valence-corrected chi connectivity index (χ4v) is 3.47. The van der Waals surface area contributed by atoms with E-state index in [0.29, 0.717) is 35.5 Å². The molecular formula is C19H26N4O3. The van der Waals surface area contributed by atoms with Crippen molar-refractivity contribution in [3.05, 3.63) is 41.5 Å². The van der Waals surface area contributed by atoms with Crippen LogP contribution in [0.4, 0.5) is 0 Å². The summed E-state index contributed by atoms with van der Waals surface area (Å²) in [5.74, 6) is 1.71. The maximum atomic E-state index is 12.8. The Morgan fingerprint density at radius 1 is 1.35 bits per heavy atom. The minimum Gasteiger partial charge on any atom is -0.485 e. The zero-order valence-electron chi connectivity index (χ0n) is 15.1. The van der Waals surface area contributed by atoms with Crippen LogP contribution in [-0.4, -0.2) is 28.6 Å². The number of benzene rings is 1. The van der Waals surface area contributed by atoms with Crippen molar-refractivity contribution in [2.45, 2.75) is 51.7 Å². The van der Waals surface area contributed by atoms with Crippen LogP contribution in [0.5, 0.6) is 5.75 Å². The summed E-state index contributed by atoms with van der Waals surface area (Å²) in [6.45, 7) is 2.31. The summed E-state index contributed by atoms with van der Waals surface area (Å²) in [6.07, 6.45) is 5.94. The van der Waals surface area contributed by atoms with Gasteiger partial charge in [-0.25, -0.2) is 0 Å². The van der Waals surface area contributed by atoms with E-state index in [1.807, 2.05) is 12.1 Å². The van der Waals surface area contributed by atoms with Crippen molar-refractivity contribution in [2.75, 3.05) is 6.54 Å². The van der Waals surface area contributed by atoms with Crippen molar-refractivity contribution < 1.29 is 14.1 Å². The van der Waals surface area contributed by atoms with Crippen LogP contribution in [0.2, 0.25) is 0 Å². The van der Waals surface area contributed by atoms with Crippen molar-refractivity contribution in [1.82, 2.24) is 15.5 Å². The van der Waals surface area contributed by atoms with Crippen LogP contribution in [0.25, 0.3) is 0 Å². The van der Waals surface area contributed by atoms with E-state index in [4.69, 9.17) is 15.0 Å². The Labute approximate surface area is 153 Å². The molecular weight excluding hydrogens is 332 g/mol. The molecule has 0 aliphatic heterocycles. The lowest BCUT2D eigenvalue weighted by Crippen LogP contribution is -2.46. The van der Waals surface area contributed by atoms with Crippen LogP contribution < -0.4 is 15.8 Å². The molecule has 26 heavy (non-hydrogen) atoms. The quantitative estimate of drug-likeness (QED) is 0.788. The van der Waals surface area contributed by atoms with Gasteiger partial charge in [0.05, 0.1) is 5.56 Å². The number of nitrogens with two attached hydrogens (primary N) is 1. The second kappa shape index (κ2) is 8.80. The summed E-state index contributed by atoms with van der Waals surface area (Å²) in [7, 11) is 0. The molecule has 1 aromatic heterocycles. The summed E-state index contributed by atoms with van der Waals surface area (Å²) in [6, 6.07) is 7.16. The molecule has 1 fully saturated rings. The Morgan fingerprint density at radius 3 is 2.81 bits per heavy atom. The highest BCUT2D eigenvalue weighted by Gasteiger charge is 2.25. The van der Waals surface area contributed by atoms with E-state index in [1.165, 1.54) is 19.3 Å². The number of carbonyl (C=O) groups is 1. The second-order valence-corrected chi connectivity index (χ2v) is 6.73. The third kappa shape index (κ3) is 4.60. The molecule has 1 amide bonds. The average molecular weight is 358 g/mol. The average Bonchev–Trinajstić information content (AvgIpc) is 3.10. The van der Waals surface area contributed by atoms with Crippen LogP contribution in [-0.2, 0) is 6.61 Å². The van der Waals surface area contributed by atoms with Gasteiger partial charge in [-0.1, -0.05) is 36.6 Å². The van der Waals surface area contributed by atoms with Gasteiger partial charge in [-0.05, 0) is 30.9 Å². The number of aryl methyl sites for hydroxylation is 1. The number of aromatic nitrogens is 2. The predicted octanol–water partition coefficient (Wildman–Crippen LogP) is 2.59. The van der Waals surface area contributed by atoms with Gasteiger partial charge in [0.2, 0.25) is 11.7 Å². The topological polar surface area (TPSA) is 103 Å². The zero-order valence-corrected chi connectivity index (χ0v) is 15.1. The van der Waals surface area contributed by atoms with Crippen molar-refractivity contribution in [3.63, 3.8) is 0 Å². The summed E-state index contributed by atoms with van der Waals surface area (Å²) >= 11 is 0. The molecule has 1 heterocycles. The van der Waals surface area contributed by atoms with Gasteiger partial charge in [-0.15, -0.1) is 0 Å². The van der Waals surface area contributed by atoms with Gasteiger partial charge in [-0.3, -0.25) is 4.79 Å². The smallest absolute Gasteiger partial charge is 0.255 e. The van der Waals surface area contributed by atoms with E-state index in [2.05, 4.69) is 15.5 Å². The third-order valence-corrected chi connectivity index (χ3v) is 4.85. The van der Waals surface area contributed by atoms with E-state index in [-0.39, 0.29) is 18.6 Å². The first-order valence-corrected chi connectivity index (χ1v) is 9.19. The molecule has 2 aromatic rings. The highest BCUT2D eigenvalue weighted by molar-refractivity contribution is 5.97. The zero-order chi connectivity index (χ0) is 18.4. The largest absolute Gasteiger partial charge is 0.485 e. The minimum atomic E-state index is -0.161. The molecule has 0 spiro atoms. The second-order valence-electron chi connectivity index (χ2n) is 6.73. The summed E-state index contributed by atoms with van der Waals surface area (Å²) < 4.78 is 10.7. The van der Waals surface area contributed by atoms with Crippen molar-refractivity contribution in [2.24, 2.45) is 11.7 Å². The number of nitrogens with one attached hydrogen (secondary N) is 1. The van der Waals surface area contributed by atoms with E-state index in [1.54, 1.807) is 19.1 Å². The Hall–Kier alpha value is -2.41. The number of hydrogen-bond donors (Lipinski definition) is 2. The number of rotatable bonds is 7. The molecule has 1 aliphatic carbocycles. The van der Waals surface area contributed by atoms with Gasteiger partial charge in [0.1, 0.15) is 5.75 Å². The van der Waals surface area contributed by atoms with E-state index in [9.17, 15) is 4.79 Å². The van der Waals surface area contributed by atoms with Gasteiger partial charge in [0.25, 0.3) is 5.91 Å². The van der Waals surface area contributed by atoms with Crippen LogP contribution >= 0.6 is 0 Å². The molecule has 1 aromatic carbocycles. The molecule has 7 nitrogen and oxygen atoms in total. The lowest BCUT2D eigenvalue weighted by molar-refractivity contribution is 0.0911. The van der Waals surface area contributed by atoms with Crippen molar-refractivity contribution >= 4 is 5.91 Å². The number of nitrogens with zero attached hydrogens (tertiary/aromatic N) is 2. The number of ether oxygens (including phenoxy) is 1. The molecule has 0 radical (unpaired) electrons. The van der Waals surface area contributed by atoms with E-state index < -0.39 is 0 Å². The predicted molar refractivity (Wildman–Crippen MR) is 96.7 cm³/mol. The van der Waals surface area contributed by atoms with Gasteiger partial charge < -0.3 is 20.3 Å². The first-order chi connectivity index (χ1) is 12.7. The van der Waals surface area contributed by atoms with Crippen molar-refractivity contribution in [1.29, 1.82) is 0 Å². The molecule has 1 atom stereocenters. The standard InChI is InChI=1S/C19H26N4O3/c1-13-21-18(23-26-13)12-25-17-10-6-5-9-15(17)19(24)22-16(11-20)14-7-3-2-4-8-14/h5-6,9-10,14,16H,2-4,7-8,11-12,20H2,1H3,(H,22,24). The fraction of sp³-hybridized carbons (Fsp3) is 0.526. The molecule has 1 aliphatic rings. The molecule has 3 N–H and O–H groups in total. The van der Waals surface area contributed by atoms with E-state index in [0.717, 1.165) is 12.8 Å². The number of amides is 1. The third-order valence-electron chi connectivity index (χ3n) is 4.85. The number of para-hydroxylation sites is 1. The summed E-state index contributed by atoms with van der Waals surface area (Å²) in [5.41, 5.74) is 6.42. The highest BCUT2D eigenvalue weighted by atomic mass is 16.5. The lowest BCUT2D eigenvalue weighted by Gasteiger charge is -2.30. The van der Waals surface area contributed by atoms with Crippen LogP contribution in [0.3, 0.4) is 0 Å². The number of carbonyl (C=O) groups excluding carboxylic acids is 1. The van der Waals surface area contributed by atoms with Gasteiger partial charge in [0, 0.05) is 19.5 Å². The van der Waals surface area contributed by atoms with Crippen LogP contribution in [0, 0.1) is 12.8 Å². The molecule has 3 rings (SSSR count). The Balaban J connectivity index is 1.66. The Morgan fingerprint density at radius 2 is 2.12 bits per heavy atom. The Bertz CT molecular complexity index is 725. The molecule has 1 unspecified atom stereocenters. The van der Waals surface area contributed by atoms with Gasteiger partial charge in [0.15, 0.2) is 6.61 Å². The SMILES string of the molecule is Cc1nc(COc2ccccc2C(=O)NC(CN)C2CCCCC2)no1. The Kier molecular flexibility index (Phi) is 6.22. The normalized spacial score (nSPS) is 16.2. The molecule has 0 saturated heterocycles. The van der Waals surface area contributed by atoms with Crippen molar-refractivity contribution in [3.8, 4) is 5.75 Å². The lowest BCUT2D eigenvalue weighted by atomic mass is 9.84. The van der Waals surface area contributed by atoms with Crippen LogP contribution in [0.15, 0.2) is 28.8 Å². The molecule has 7 heteroatoms. The minimum absolute atomic E-state index is 0.00397. The molecule has 0 bridgehead atoms. The number of hydrogen-bond acceptors (Lipinski definition) is 6. The summed E-state index contributed by atoms with van der Waals surface area (Å²) in [5, 5.41) is 6.90. The van der Waals surface area contributed by atoms with Gasteiger partial charge in [-0.2, -0.15) is 4.98 Å². The maximum Gasteiger partial charge on any atom is 0.255 e. The first kappa shape index (κ1) is 18.4. The summed E-state index contributed by atoms with van der Waals surface area (Å²) in [4.78, 5) is 16.9. The highest BCUT2D eigenvalue weighted by Crippen LogP contribution is 2.27. The monoisotopic (exact) mass is 358 g/mol. The van der Waals surface area contributed by atoms with Crippen LogP contribution in [0.1, 0.15) is 54.2 Å². The van der Waals surface area contributed by atoms with Gasteiger partial charge >= 0.3 is 0 Å².